The fraction of sp³-hybridized carbons (Fsp3) is 0.577. The minimum atomic E-state index is -1.23. The maximum atomic E-state index is 13.5. The second-order valence-electron chi connectivity index (χ2n) is 9.58. The highest BCUT2D eigenvalue weighted by atomic mass is 19.1. The number of alkyl carbamates (subject to hydrolysis) is 1. The number of aliphatic imine (C=N–C) groups is 1. The van der Waals surface area contributed by atoms with Crippen LogP contribution in [0, 0.1) is 5.92 Å². The van der Waals surface area contributed by atoms with E-state index in [2.05, 4.69) is 15.6 Å². The molecule has 1 aliphatic rings. The monoisotopic (exact) mass is 534 g/mol. The Balaban J connectivity index is 2.06. The second kappa shape index (κ2) is 15.5. The third kappa shape index (κ3) is 9.64. The number of ether oxygens (including phenoxy) is 1. The molecule has 0 spiro atoms. The maximum absolute atomic E-state index is 13.5. The Labute approximate surface area is 222 Å². The van der Waals surface area contributed by atoms with Gasteiger partial charge >= 0.3 is 6.09 Å². The van der Waals surface area contributed by atoms with Crippen LogP contribution >= 0.6 is 0 Å². The zero-order valence-electron chi connectivity index (χ0n) is 22.0. The molecule has 6 N–H and O–H groups in total. The number of nitrogens with zero attached hydrogens (tertiary/aromatic N) is 2. The van der Waals surface area contributed by atoms with Crippen LogP contribution in [0.15, 0.2) is 35.3 Å². The molecule has 1 aliphatic heterocycles. The molecule has 3 atom stereocenters. The van der Waals surface area contributed by atoms with Crippen molar-refractivity contribution >= 4 is 29.7 Å². The summed E-state index contributed by atoms with van der Waals surface area (Å²) in [7, 11) is 0. The van der Waals surface area contributed by atoms with Gasteiger partial charge in [-0.05, 0) is 43.6 Å². The van der Waals surface area contributed by atoms with Gasteiger partial charge in [0.15, 0.2) is 11.7 Å². The fourth-order valence-corrected chi connectivity index (χ4v) is 4.23. The van der Waals surface area contributed by atoms with Crippen LogP contribution < -0.4 is 22.1 Å². The number of carbonyl (C=O) groups is 4. The van der Waals surface area contributed by atoms with Crippen LogP contribution in [0.4, 0.5) is 9.18 Å². The quantitative estimate of drug-likeness (QED) is 0.168. The number of guanidine groups is 1. The molecular weight excluding hydrogens is 495 g/mol. The largest absolute Gasteiger partial charge is 0.445 e. The summed E-state index contributed by atoms with van der Waals surface area (Å²) < 4.78 is 18.4. The van der Waals surface area contributed by atoms with Crippen LogP contribution in [0.25, 0.3) is 0 Å². The lowest BCUT2D eigenvalue weighted by Crippen LogP contribution is -2.60. The van der Waals surface area contributed by atoms with E-state index in [1.807, 2.05) is 30.3 Å². The number of rotatable bonds is 13. The Hall–Kier alpha value is -3.70. The van der Waals surface area contributed by atoms with Gasteiger partial charge in [0.05, 0.1) is 6.04 Å². The number of nitrogens with two attached hydrogens (primary N) is 2. The number of amides is 3. The third-order valence-corrected chi connectivity index (χ3v) is 6.29. The van der Waals surface area contributed by atoms with Crippen LogP contribution in [-0.2, 0) is 25.7 Å². The summed E-state index contributed by atoms with van der Waals surface area (Å²) in [6, 6.07) is 6.30. The van der Waals surface area contributed by atoms with Crippen LogP contribution in [0.5, 0.6) is 0 Å². The average molecular weight is 535 g/mol. The van der Waals surface area contributed by atoms with Crippen molar-refractivity contribution in [2.24, 2.45) is 22.4 Å². The number of hydrogen-bond acceptors (Lipinski definition) is 6. The predicted octanol–water partition coefficient (Wildman–Crippen LogP) is 1.40. The first kappa shape index (κ1) is 30.5. The summed E-state index contributed by atoms with van der Waals surface area (Å²) in [6.45, 7) is 2.92. The number of halogens is 1. The minimum absolute atomic E-state index is 0.0492. The molecular formula is C26H39FN6O5. The molecule has 0 saturated carbocycles. The number of hydrogen-bond donors (Lipinski definition) is 4. The summed E-state index contributed by atoms with van der Waals surface area (Å²) in [5.41, 5.74) is 11.4. The van der Waals surface area contributed by atoms with E-state index >= 15 is 0 Å². The Bertz CT molecular complexity index is 970. The molecule has 2 rings (SSSR count). The van der Waals surface area contributed by atoms with E-state index in [9.17, 15) is 23.6 Å². The molecule has 1 saturated heterocycles. The summed E-state index contributed by atoms with van der Waals surface area (Å²) >= 11 is 0. The first-order chi connectivity index (χ1) is 18.1. The lowest BCUT2D eigenvalue weighted by atomic mass is 9.96. The Morgan fingerprint density at radius 3 is 2.47 bits per heavy atom. The smallest absolute Gasteiger partial charge is 0.408 e. The number of piperidine rings is 1. The molecule has 210 valence electrons. The SMILES string of the molecule is CC(C)C(NC(=O)OCc1ccccc1)C(=O)N1CCCCC1C(=O)NC(CCCN=C(N)N)C(=O)CF. The molecule has 11 nitrogen and oxygen atoms in total. The van der Waals surface area contributed by atoms with Crippen molar-refractivity contribution in [2.75, 3.05) is 19.8 Å². The third-order valence-electron chi connectivity index (χ3n) is 6.29. The predicted molar refractivity (Wildman–Crippen MR) is 141 cm³/mol. The topological polar surface area (TPSA) is 169 Å². The molecule has 38 heavy (non-hydrogen) atoms. The van der Waals surface area contributed by atoms with Crippen molar-refractivity contribution in [3.05, 3.63) is 35.9 Å². The van der Waals surface area contributed by atoms with E-state index in [1.54, 1.807) is 13.8 Å². The van der Waals surface area contributed by atoms with Gasteiger partial charge in [0.2, 0.25) is 11.8 Å². The normalized spacial score (nSPS) is 16.7. The van der Waals surface area contributed by atoms with Gasteiger partial charge in [0, 0.05) is 13.1 Å². The van der Waals surface area contributed by atoms with E-state index in [4.69, 9.17) is 16.2 Å². The van der Waals surface area contributed by atoms with Gasteiger partial charge in [0.1, 0.15) is 25.4 Å². The molecule has 1 fully saturated rings. The van der Waals surface area contributed by atoms with Gasteiger partial charge in [-0.15, -0.1) is 0 Å². The Kier molecular flexibility index (Phi) is 12.5. The van der Waals surface area contributed by atoms with Gasteiger partial charge in [-0.2, -0.15) is 0 Å². The zero-order chi connectivity index (χ0) is 28.1. The van der Waals surface area contributed by atoms with Gasteiger partial charge < -0.3 is 31.7 Å². The molecule has 0 bridgehead atoms. The number of Topliss-reactive ketones (excluding diaryl/α,β-unsaturated/α-hetero) is 1. The van der Waals surface area contributed by atoms with E-state index in [1.165, 1.54) is 4.90 Å². The van der Waals surface area contributed by atoms with E-state index in [-0.39, 0.29) is 31.4 Å². The van der Waals surface area contributed by atoms with Crippen LogP contribution in [-0.4, -0.2) is 72.4 Å². The van der Waals surface area contributed by atoms with Gasteiger partial charge in [-0.3, -0.25) is 19.4 Å². The van der Waals surface area contributed by atoms with E-state index < -0.39 is 48.5 Å². The highest BCUT2D eigenvalue weighted by Gasteiger charge is 2.38. The van der Waals surface area contributed by atoms with Crippen molar-refractivity contribution in [1.29, 1.82) is 0 Å². The fourth-order valence-electron chi connectivity index (χ4n) is 4.23. The number of likely N-dealkylation sites (tertiary alicyclic amines) is 1. The van der Waals surface area contributed by atoms with Gasteiger partial charge in [0.25, 0.3) is 0 Å². The van der Waals surface area contributed by atoms with Crippen molar-refractivity contribution in [3.63, 3.8) is 0 Å². The van der Waals surface area contributed by atoms with Gasteiger partial charge in [-0.1, -0.05) is 44.2 Å². The van der Waals surface area contributed by atoms with Crippen LogP contribution in [0.1, 0.15) is 51.5 Å². The number of alkyl halides is 1. The minimum Gasteiger partial charge on any atom is -0.445 e. The first-order valence-electron chi connectivity index (χ1n) is 12.9. The molecule has 1 aromatic rings. The molecule has 0 aromatic heterocycles. The first-order valence-corrected chi connectivity index (χ1v) is 12.9. The second-order valence-corrected chi connectivity index (χ2v) is 9.58. The Morgan fingerprint density at radius 1 is 1.13 bits per heavy atom. The Morgan fingerprint density at radius 2 is 1.84 bits per heavy atom. The standard InChI is InChI=1S/C26H39FN6O5/c1-17(2)22(32-26(37)38-16-18-9-4-3-5-10-18)24(36)33-14-7-6-12-20(33)23(35)31-19(21(34)15-27)11-8-13-30-25(28)29/h3-5,9-10,17,19-20,22H,6-8,11-16H2,1-2H3,(H,31,35)(H,32,37)(H4,28,29,30). The van der Waals surface area contributed by atoms with Crippen molar-refractivity contribution in [2.45, 2.75) is 70.7 Å². The maximum Gasteiger partial charge on any atom is 0.408 e. The number of nitrogens with one attached hydrogen (secondary N) is 2. The molecule has 3 amide bonds. The van der Waals surface area contributed by atoms with Crippen molar-refractivity contribution in [3.8, 4) is 0 Å². The molecule has 0 aliphatic carbocycles. The summed E-state index contributed by atoms with van der Waals surface area (Å²) in [6.07, 6.45) is 1.53. The average Bonchev–Trinajstić information content (AvgIpc) is 2.91. The summed E-state index contributed by atoms with van der Waals surface area (Å²) in [4.78, 5) is 56.6. The number of ketones is 1. The highest BCUT2D eigenvalue weighted by molar-refractivity contribution is 5.94. The van der Waals surface area contributed by atoms with Crippen molar-refractivity contribution < 1.29 is 28.3 Å². The lowest BCUT2D eigenvalue weighted by Gasteiger charge is -2.38. The van der Waals surface area contributed by atoms with E-state index in [0.29, 0.717) is 32.2 Å². The van der Waals surface area contributed by atoms with Gasteiger partial charge in [-0.25, -0.2) is 9.18 Å². The van der Waals surface area contributed by atoms with Crippen molar-refractivity contribution in [1.82, 2.24) is 15.5 Å². The molecule has 12 heteroatoms. The lowest BCUT2D eigenvalue weighted by molar-refractivity contribution is -0.145. The summed E-state index contributed by atoms with van der Waals surface area (Å²) in [5, 5.41) is 5.25. The number of benzene rings is 1. The number of carbonyl (C=O) groups excluding carboxylic acids is 4. The molecule has 1 heterocycles. The molecule has 0 radical (unpaired) electrons. The molecule has 3 unspecified atom stereocenters. The summed E-state index contributed by atoms with van der Waals surface area (Å²) in [5.74, 6) is -2.11. The highest BCUT2D eigenvalue weighted by Crippen LogP contribution is 2.21. The zero-order valence-corrected chi connectivity index (χ0v) is 22.0. The van der Waals surface area contributed by atoms with E-state index in [0.717, 1.165) is 5.56 Å². The molecule has 1 aromatic carbocycles. The van der Waals surface area contributed by atoms with Crippen LogP contribution in [0.2, 0.25) is 0 Å². The van der Waals surface area contributed by atoms with Crippen LogP contribution in [0.3, 0.4) is 0 Å².